The summed E-state index contributed by atoms with van der Waals surface area (Å²) in [5.41, 5.74) is 0. The van der Waals surface area contributed by atoms with Gasteiger partial charge in [0.15, 0.2) is 0 Å². The maximum atomic E-state index is 11.8. The molecule has 90 valence electrons. The fourth-order valence-corrected chi connectivity index (χ4v) is 1.79. The van der Waals surface area contributed by atoms with E-state index in [9.17, 15) is 4.79 Å². The molecule has 0 heterocycles. The first-order valence-corrected chi connectivity index (χ1v) is 6.00. The highest BCUT2D eigenvalue weighted by Gasteiger charge is 2.16. The number of hydrogen-bond donors (Lipinski definition) is 1. The molecule has 0 fully saturated rings. The topological polar surface area (TPSA) is 32.3 Å². The average molecular weight is 214 g/mol. The van der Waals surface area contributed by atoms with Crippen molar-refractivity contribution in [3.63, 3.8) is 0 Å². The fraction of sp³-hybridized carbons (Fsp3) is 0.917. The second-order valence-corrected chi connectivity index (χ2v) is 4.39. The molecule has 0 aromatic heterocycles. The van der Waals surface area contributed by atoms with Gasteiger partial charge in [0.2, 0.25) is 5.91 Å². The van der Waals surface area contributed by atoms with Crippen LogP contribution < -0.4 is 5.32 Å². The Labute approximate surface area is 94.2 Å². The highest BCUT2D eigenvalue weighted by molar-refractivity contribution is 5.76. The third kappa shape index (κ3) is 5.78. The zero-order valence-electron chi connectivity index (χ0n) is 10.8. The van der Waals surface area contributed by atoms with Crippen LogP contribution in [0.2, 0.25) is 0 Å². The van der Waals surface area contributed by atoms with Gasteiger partial charge < -0.3 is 10.2 Å². The second kappa shape index (κ2) is 7.69. The van der Waals surface area contributed by atoms with Crippen LogP contribution in [-0.4, -0.2) is 37.0 Å². The average Bonchev–Trinajstić information content (AvgIpc) is 2.17. The normalized spacial score (nSPS) is 12.9. The molecule has 3 nitrogen and oxygen atoms in total. The van der Waals surface area contributed by atoms with E-state index in [0.29, 0.717) is 18.4 Å². The van der Waals surface area contributed by atoms with E-state index in [-0.39, 0.29) is 5.91 Å². The predicted molar refractivity (Wildman–Crippen MR) is 64.8 cm³/mol. The number of rotatable bonds is 7. The van der Waals surface area contributed by atoms with E-state index in [1.165, 1.54) is 0 Å². The van der Waals surface area contributed by atoms with Gasteiger partial charge in [-0.25, -0.2) is 0 Å². The molecule has 1 unspecified atom stereocenters. The van der Waals surface area contributed by atoms with Gasteiger partial charge in [-0.15, -0.1) is 0 Å². The molecule has 0 aromatic carbocycles. The van der Waals surface area contributed by atoms with Crippen molar-refractivity contribution >= 4 is 5.91 Å². The highest BCUT2D eigenvalue weighted by atomic mass is 16.2. The van der Waals surface area contributed by atoms with E-state index in [1.54, 1.807) is 0 Å². The molecule has 0 bridgehead atoms. The van der Waals surface area contributed by atoms with Crippen molar-refractivity contribution in [1.82, 2.24) is 10.2 Å². The molecule has 1 atom stereocenters. The minimum Gasteiger partial charge on any atom is -0.343 e. The van der Waals surface area contributed by atoms with E-state index in [0.717, 1.165) is 19.5 Å². The predicted octanol–water partition coefficient (Wildman–Crippen LogP) is 1.88. The summed E-state index contributed by atoms with van der Waals surface area (Å²) in [5, 5.41) is 3.22. The summed E-state index contributed by atoms with van der Waals surface area (Å²) in [6, 6.07) is 0.318. The van der Waals surface area contributed by atoms with Crippen molar-refractivity contribution in [3.05, 3.63) is 0 Å². The van der Waals surface area contributed by atoms with E-state index < -0.39 is 0 Å². The number of carbonyl (C=O) groups is 1. The summed E-state index contributed by atoms with van der Waals surface area (Å²) in [7, 11) is 1.93. The zero-order chi connectivity index (χ0) is 11.8. The number of nitrogens with one attached hydrogen (secondary N) is 1. The van der Waals surface area contributed by atoms with E-state index in [4.69, 9.17) is 0 Å². The monoisotopic (exact) mass is 214 g/mol. The van der Waals surface area contributed by atoms with Crippen molar-refractivity contribution in [2.24, 2.45) is 5.92 Å². The standard InChI is InChI=1S/C12H26N2O/c1-6-14(7-2)12(15)9-11(13-5)8-10(3)4/h10-11,13H,6-9H2,1-5H3. The first kappa shape index (κ1) is 14.4. The van der Waals surface area contributed by atoms with E-state index in [1.807, 2.05) is 25.8 Å². The SMILES string of the molecule is CCN(CC)C(=O)CC(CC(C)C)NC. The van der Waals surface area contributed by atoms with E-state index >= 15 is 0 Å². The minimum absolute atomic E-state index is 0.264. The van der Waals surface area contributed by atoms with E-state index in [2.05, 4.69) is 19.2 Å². The summed E-state index contributed by atoms with van der Waals surface area (Å²) in [6.07, 6.45) is 1.68. The van der Waals surface area contributed by atoms with Crippen molar-refractivity contribution in [1.29, 1.82) is 0 Å². The lowest BCUT2D eigenvalue weighted by Crippen LogP contribution is -2.37. The summed E-state index contributed by atoms with van der Waals surface area (Å²) in [4.78, 5) is 13.7. The smallest absolute Gasteiger partial charge is 0.224 e. The molecule has 0 saturated carbocycles. The molecule has 0 aliphatic heterocycles. The van der Waals surface area contributed by atoms with Gasteiger partial charge >= 0.3 is 0 Å². The van der Waals surface area contributed by atoms with Gasteiger partial charge in [0.1, 0.15) is 0 Å². The van der Waals surface area contributed by atoms with Crippen LogP contribution in [0.3, 0.4) is 0 Å². The van der Waals surface area contributed by atoms with Gasteiger partial charge in [-0.2, -0.15) is 0 Å². The molecule has 0 rings (SSSR count). The van der Waals surface area contributed by atoms with Gasteiger partial charge in [0.25, 0.3) is 0 Å². The van der Waals surface area contributed by atoms with Gasteiger partial charge in [0, 0.05) is 25.6 Å². The van der Waals surface area contributed by atoms with Crippen molar-refractivity contribution < 1.29 is 4.79 Å². The number of hydrogen-bond acceptors (Lipinski definition) is 2. The second-order valence-electron chi connectivity index (χ2n) is 4.39. The Bertz CT molecular complexity index is 176. The molecule has 0 aliphatic rings. The Morgan fingerprint density at radius 2 is 1.80 bits per heavy atom. The first-order chi connectivity index (χ1) is 7.04. The molecular weight excluding hydrogens is 188 g/mol. The van der Waals surface area contributed by atoms with Crippen LogP contribution in [0.1, 0.15) is 40.5 Å². The van der Waals surface area contributed by atoms with Gasteiger partial charge in [-0.05, 0) is 33.2 Å². The van der Waals surface area contributed by atoms with Crippen molar-refractivity contribution in [2.45, 2.75) is 46.6 Å². The lowest BCUT2D eigenvalue weighted by atomic mass is 10.0. The molecule has 1 N–H and O–H groups in total. The maximum Gasteiger partial charge on any atom is 0.224 e. The van der Waals surface area contributed by atoms with Gasteiger partial charge in [-0.1, -0.05) is 13.8 Å². The lowest BCUT2D eigenvalue weighted by Gasteiger charge is -2.23. The summed E-state index contributed by atoms with van der Waals surface area (Å²) >= 11 is 0. The van der Waals surface area contributed by atoms with Crippen LogP contribution in [0.4, 0.5) is 0 Å². The maximum absolute atomic E-state index is 11.8. The van der Waals surface area contributed by atoms with Crippen LogP contribution in [0, 0.1) is 5.92 Å². The summed E-state index contributed by atoms with van der Waals surface area (Å²) in [5.74, 6) is 0.895. The van der Waals surface area contributed by atoms with Crippen LogP contribution in [0.15, 0.2) is 0 Å². The molecule has 0 spiro atoms. The van der Waals surface area contributed by atoms with Crippen LogP contribution in [0.25, 0.3) is 0 Å². The fourth-order valence-electron chi connectivity index (χ4n) is 1.79. The minimum atomic E-state index is 0.264. The Morgan fingerprint density at radius 3 is 2.13 bits per heavy atom. The largest absolute Gasteiger partial charge is 0.343 e. The van der Waals surface area contributed by atoms with Crippen LogP contribution >= 0.6 is 0 Å². The molecule has 1 amide bonds. The van der Waals surface area contributed by atoms with Crippen molar-refractivity contribution in [3.8, 4) is 0 Å². The first-order valence-electron chi connectivity index (χ1n) is 6.00. The summed E-state index contributed by atoms with van der Waals surface area (Å²) < 4.78 is 0. The third-order valence-corrected chi connectivity index (χ3v) is 2.70. The van der Waals surface area contributed by atoms with Crippen LogP contribution in [-0.2, 0) is 4.79 Å². The number of amides is 1. The quantitative estimate of drug-likeness (QED) is 0.702. The molecule has 0 aliphatic carbocycles. The molecular formula is C12H26N2O. The molecule has 3 heteroatoms. The molecule has 0 aromatic rings. The Kier molecular flexibility index (Phi) is 7.39. The van der Waals surface area contributed by atoms with Gasteiger partial charge in [0.05, 0.1) is 0 Å². The third-order valence-electron chi connectivity index (χ3n) is 2.70. The molecule has 0 saturated heterocycles. The Balaban J connectivity index is 4.10. The van der Waals surface area contributed by atoms with Crippen molar-refractivity contribution in [2.75, 3.05) is 20.1 Å². The molecule has 0 radical (unpaired) electrons. The Morgan fingerprint density at radius 1 is 1.27 bits per heavy atom. The number of carbonyl (C=O) groups excluding carboxylic acids is 1. The number of nitrogens with zero attached hydrogens (tertiary/aromatic N) is 1. The van der Waals surface area contributed by atoms with Gasteiger partial charge in [-0.3, -0.25) is 4.79 Å². The zero-order valence-corrected chi connectivity index (χ0v) is 10.8. The summed E-state index contributed by atoms with van der Waals surface area (Å²) in [6.45, 7) is 10.1. The van der Waals surface area contributed by atoms with Crippen LogP contribution in [0.5, 0.6) is 0 Å². The molecule has 15 heavy (non-hydrogen) atoms. The highest BCUT2D eigenvalue weighted by Crippen LogP contribution is 2.09. The lowest BCUT2D eigenvalue weighted by molar-refractivity contribution is -0.131. The Hall–Kier alpha value is -0.570.